The van der Waals surface area contributed by atoms with Gasteiger partial charge in [0.15, 0.2) is 0 Å². The molecule has 3 aromatic carbocycles. The Balaban J connectivity index is 1.88. The molecule has 0 atom stereocenters. The zero-order valence-corrected chi connectivity index (χ0v) is 13.2. The standard InChI is InChI=1S/C19H15N3O3/c20-19(24)22-21-12-14-7-2-4-11-17(14)25-18(23)16-10-5-8-13-6-1-3-9-15(13)16/h1-12H,(H3,20,22,24). The fraction of sp³-hybridized carbons (Fsp3) is 0. The molecule has 0 bridgehead atoms. The van der Waals surface area contributed by atoms with E-state index in [4.69, 9.17) is 10.5 Å². The van der Waals surface area contributed by atoms with E-state index in [9.17, 15) is 9.59 Å². The lowest BCUT2D eigenvalue weighted by Gasteiger charge is -2.09. The molecule has 3 aromatic rings. The highest BCUT2D eigenvalue weighted by atomic mass is 16.5. The minimum atomic E-state index is -0.776. The lowest BCUT2D eigenvalue weighted by molar-refractivity contribution is 0.0736. The molecule has 6 heteroatoms. The first-order chi connectivity index (χ1) is 12.1. The van der Waals surface area contributed by atoms with E-state index in [1.54, 1.807) is 30.3 Å². The number of carbonyl (C=O) groups is 2. The number of hydrazone groups is 1. The summed E-state index contributed by atoms with van der Waals surface area (Å²) >= 11 is 0. The fourth-order valence-electron chi connectivity index (χ4n) is 2.40. The number of para-hydroxylation sites is 1. The molecule has 124 valence electrons. The summed E-state index contributed by atoms with van der Waals surface area (Å²) in [5, 5.41) is 5.46. The van der Waals surface area contributed by atoms with Crippen molar-refractivity contribution in [2.24, 2.45) is 10.8 Å². The van der Waals surface area contributed by atoms with Gasteiger partial charge in [-0.1, -0.05) is 48.5 Å². The number of urea groups is 1. The highest BCUT2D eigenvalue weighted by molar-refractivity contribution is 6.05. The lowest BCUT2D eigenvalue weighted by Crippen LogP contribution is -2.24. The average molecular weight is 333 g/mol. The third-order valence-electron chi connectivity index (χ3n) is 3.51. The molecule has 0 aromatic heterocycles. The second-order valence-corrected chi connectivity index (χ2v) is 5.19. The Morgan fingerprint density at radius 3 is 2.52 bits per heavy atom. The van der Waals surface area contributed by atoms with Gasteiger partial charge in [0.2, 0.25) is 0 Å². The van der Waals surface area contributed by atoms with Crippen LogP contribution in [0.2, 0.25) is 0 Å². The first kappa shape index (κ1) is 16.2. The largest absolute Gasteiger partial charge is 0.422 e. The monoisotopic (exact) mass is 333 g/mol. The number of fused-ring (bicyclic) bond motifs is 1. The van der Waals surface area contributed by atoms with Gasteiger partial charge in [-0.15, -0.1) is 0 Å². The van der Waals surface area contributed by atoms with E-state index in [1.165, 1.54) is 6.21 Å². The van der Waals surface area contributed by atoms with Crippen molar-refractivity contribution in [2.45, 2.75) is 0 Å². The van der Waals surface area contributed by atoms with Crippen molar-refractivity contribution in [3.8, 4) is 5.75 Å². The molecule has 0 radical (unpaired) electrons. The summed E-state index contributed by atoms with van der Waals surface area (Å²) in [4.78, 5) is 23.3. The van der Waals surface area contributed by atoms with Crippen molar-refractivity contribution in [3.05, 3.63) is 77.9 Å². The number of nitrogens with two attached hydrogens (primary N) is 1. The number of amides is 2. The Bertz CT molecular complexity index is 962. The van der Waals surface area contributed by atoms with Crippen molar-refractivity contribution in [1.82, 2.24) is 5.43 Å². The maximum Gasteiger partial charge on any atom is 0.344 e. The number of hydrogen-bond donors (Lipinski definition) is 2. The third kappa shape index (κ3) is 3.81. The van der Waals surface area contributed by atoms with Crippen molar-refractivity contribution in [3.63, 3.8) is 0 Å². The Morgan fingerprint density at radius 2 is 1.68 bits per heavy atom. The van der Waals surface area contributed by atoms with Crippen LogP contribution in [0.25, 0.3) is 10.8 Å². The SMILES string of the molecule is NC(=O)NN=Cc1ccccc1OC(=O)c1cccc2ccccc12. The molecule has 0 aliphatic heterocycles. The van der Waals surface area contributed by atoms with Crippen LogP contribution in [0.4, 0.5) is 4.79 Å². The van der Waals surface area contributed by atoms with Crippen LogP contribution < -0.4 is 15.9 Å². The van der Waals surface area contributed by atoms with Gasteiger partial charge in [-0.25, -0.2) is 15.0 Å². The van der Waals surface area contributed by atoms with Gasteiger partial charge < -0.3 is 10.5 Å². The van der Waals surface area contributed by atoms with Crippen LogP contribution in [-0.2, 0) is 0 Å². The van der Waals surface area contributed by atoms with E-state index in [0.29, 0.717) is 16.9 Å². The van der Waals surface area contributed by atoms with Gasteiger partial charge in [-0.3, -0.25) is 0 Å². The molecular weight excluding hydrogens is 318 g/mol. The normalized spacial score (nSPS) is 10.7. The Morgan fingerprint density at radius 1 is 0.960 bits per heavy atom. The van der Waals surface area contributed by atoms with Crippen LogP contribution in [0.1, 0.15) is 15.9 Å². The number of rotatable bonds is 4. The quantitative estimate of drug-likeness (QED) is 0.332. The van der Waals surface area contributed by atoms with Gasteiger partial charge in [0.25, 0.3) is 0 Å². The predicted molar refractivity (Wildman–Crippen MR) is 95.7 cm³/mol. The molecule has 0 unspecified atom stereocenters. The molecule has 0 saturated heterocycles. The Kier molecular flexibility index (Phi) is 4.71. The smallest absolute Gasteiger partial charge is 0.344 e. The first-order valence-electron chi connectivity index (χ1n) is 7.52. The molecule has 0 saturated carbocycles. The van der Waals surface area contributed by atoms with Crippen LogP contribution in [0, 0.1) is 0 Å². The topological polar surface area (TPSA) is 93.8 Å². The van der Waals surface area contributed by atoms with E-state index in [0.717, 1.165) is 10.8 Å². The number of ether oxygens (including phenoxy) is 1. The van der Waals surface area contributed by atoms with E-state index >= 15 is 0 Å². The van der Waals surface area contributed by atoms with Crippen LogP contribution in [0.15, 0.2) is 71.8 Å². The van der Waals surface area contributed by atoms with E-state index in [1.807, 2.05) is 36.4 Å². The molecule has 0 fully saturated rings. The first-order valence-corrected chi connectivity index (χ1v) is 7.52. The molecule has 25 heavy (non-hydrogen) atoms. The number of primary amides is 1. The Hall–Kier alpha value is -3.67. The van der Waals surface area contributed by atoms with Crippen LogP contribution in [-0.4, -0.2) is 18.2 Å². The third-order valence-corrected chi connectivity index (χ3v) is 3.51. The zero-order valence-electron chi connectivity index (χ0n) is 13.2. The average Bonchev–Trinajstić information content (AvgIpc) is 2.62. The summed E-state index contributed by atoms with van der Waals surface area (Å²) in [5.41, 5.74) is 8.06. The Labute approximate surface area is 143 Å². The number of nitrogens with one attached hydrogen (secondary N) is 1. The van der Waals surface area contributed by atoms with E-state index < -0.39 is 12.0 Å². The molecule has 0 spiro atoms. The highest BCUT2D eigenvalue weighted by Crippen LogP contribution is 2.22. The van der Waals surface area contributed by atoms with Crippen molar-refractivity contribution in [2.75, 3.05) is 0 Å². The number of hydrogen-bond acceptors (Lipinski definition) is 4. The van der Waals surface area contributed by atoms with Crippen molar-refractivity contribution in [1.29, 1.82) is 0 Å². The summed E-state index contributed by atoms with van der Waals surface area (Å²) < 4.78 is 5.52. The molecule has 0 aliphatic rings. The molecule has 3 N–H and O–H groups in total. The molecule has 0 heterocycles. The minimum Gasteiger partial charge on any atom is -0.422 e. The molecule has 2 amide bonds. The van der Waals surface area contributed by atoms with Gasteiger partial charge in [0.05, 0.1) is 11.8 Å². The molecule has 0 aliphatic carbocycles. The maximum atomic E-state index is 12.6. The van der Waals surface area contributed by atoms with Gasteiger partial charge in [-0.05, 0) is 29.0 Å². The summed E-state index contributed by atoms with van der Waals surface area (Å²) in [6, 6.07) is 19.1. The summed E-state index contributed by atoms with van der Waals surface area (Å²) in [5.74, 6) is -0.143. The van der Waals surface area contributed by atoms with Crippen LogP contribution >= 0.6 is 0 Å². The van der Waals surface area contributed by atoms with Crippen molar-refractivity contribution < 1.29 is 14.3 Å². The second kappa shape index (κ2) is 7.27. The van der Waals surface area contributed by atoms with Gasteiger partial charge in [0, 0.05) is 5.56 Å². The zero-order chi connectivity index (χ0) is 17.6. The maximum absolute atomic E-state index is 12.6. The lowest BCUT2D eigenvalue weighted by atomic mass is 10.0. The molecule has 3 rings (SSSR count). The number of benzene rings is 3. The van der Waals surface area contributed by atoms with Gasteiger partial charge in [0.1, 0.15) is 5.75 Å². The highest BCUT2D eigenvalue weighted by Gasteiger charge is 2.13. The van der Waals surface area contributed by atoms with Gasteiger partial charge in [-0.2, -0.15) is 5.10 Å². The van der Waals surface area contributed by atoms with Gasteiger partial charge >= 0.3 is 12.0 Å². The minimum absolute atomic E-state index is 0.329. The number of esters is 1. The summed E-state index contributed by atoms with van der Waals surface area (Å²) in [6.07, 6.45) is 1.36. The number of nitrogens with zero attached hydrogens (tertiary/aromatic N) is 1. The van der Waals surface area contributed by atoms with Crippen molar-refractivity contribution >= 4 is 29.0 Å². The summed E-state index contributed by atoms with van der Waals surface area (Å²) in [6.45, 7) is 0. The number of carbonyl (C=O) groups excluding carboxylic acids is 2. The van der Waals surface area contributed by atoms with Crippen LogP contribution in [0.3, 0.4) is 0 Å². The van der Waals surface area contributed by atoms with E-state index in [2.05, 4.69) is 10.5 Å². The predicted octanol–water partition coefficient (Wildman–Crippen LogP) is 3.06. The summed E-state index contributed by atoms with van der Waals surface area (Å²) in [7, 11) is 0. The van der Waals surface area contributed by atoms with E-state index in [-0.39, 0.29) is 0 Å². The second-order valence-electron chi connectivity index (χ2n) is 5.19. The fourth-order valence-corrected chi connectivity index (χ4v) is 2.40. The molecule has 6 nitrogen and oxygen atoms in total. The molecular formula is C19H15N3O3. The van der Waals surface area contributed by atoms with Crippen LogP contribution in [0.5, 0.6) is 5.75 Å².